The van der Waals surface area contributed by atoms with Gasteiger partial charge in [0.05, 0.1) is 17.1 Å². The Morgan fingerprint density at radius 1 is 0.868 bits per heavy atom. The number of carbonyl (C=O) groups is 2. The van der Waals surface area contributed by atoms with Gasteiger partial charge in [0.1, 0.15) is 18.4 Å². The first kappa shape index (κ1) is 23.8. The van der Waals surface area contributed by atoms with Crippen molar-refractivity contribution in [2.24, 2.45) is 0 Å². The van der Waals surface area contributed by atoms with Crippen LogP contribution in [0.25, 0.3) is 5.69 Å². The fourth-order valence-electron chi connectivity index (χ4n) is 4.97. The molecule has 2 heterocycles. The number of benzene rings is 3. The number of urea groups is 1. The lowest BCUT2D eigenvalue weighted by Gasteiger charge is -2.39. The van der Waals surface area contributed by atoms with Crippen molar-refractivity contribution in [3.8, 4) is 5.69 Å². The van der Waals surface area contributed by atoms with E-state index >= 15 is 0 Å². The van der Waals surface area contributed by atoms with Gasteiger partial charge in [0.15, 0.2) is 11.6 Å². The predicted octanol–water partition coefficient (Wildman–Crippen LogP) is 6.03. The number of nitrogens with one attached hydrogen (secondary N) is 1. The van der Waals surface area contributed by atoms with Crippen LogP contribution in [0.2, 0.25) is 0 Å². The predicted molar refractivity (Wildman–Crippen MR) is 137 cm³/mol. The molecule has 0 radical (unpaired) electrons. The minimum absolute atomic E-state index is 0.0948. The average Bonchev–Trinajstić information content (AvgIpc) is 3.64. The fourth-order valence-corrected chi connectivity index (χ4v) is 4.97. The second-order valence-corrected chi connectivity index (χ2v) is 9.43. The number of nitrogens with zero attached hydrogens (tertiary/aromatic N) is 3. The van der Waals surface area contributed by atoms with Gasteiger partial charge in [-0.05, 0) is 66.9 Å². The van der Waals surface area contributed by atoms with E-state index in [-0.39, 0.29) is 30.0 Å². The van der Waals surface area contributed by atoms with Crippen LogP contribution in [-0.2, 0) is 4.79 Å². The Morgan fingerprint density at radius 3 is 2.32 bits per heavy atom. The number of amides is 3. The van der Waals surface area contributed by atoms with Crippen molar-refractivity contribution in [3.63, 3.8) is 0 Å². The SMILES string of the molecule is O=C(Nc1ccc(F)c(F)c1)N(CC(=O)N1c2ccccc2-n2cccc2C1c1ccc(F)cc1)C1CC1. The van der Waals surface area contributed by atoms with Crippen molar-refractivity contribution in [1.29, 1.82) is 0 Å². The lowest BCUT2D eigenvalue weighted by atomic mass is 9.97. The van der Waals surface area contributed by atoms with E-state index in [0.717, 1.165) is 41.9 Å². The number of aromatic nitrogens is 1. The molecule has 0 saturated heterocycles. The highest BCUT2D eigenvalue weighted by Gasteiger charge is 2.40. The van der Waals surface area contributed by atoms with Crippen LogP contribution in [0.3, 0.4) is 0 Å². The quantitative estimate of drug-likeness (QED) is 0.352. The van der Waals surface area contributed by atoms with Crippen molar-refractivity contribution in [2.45, 2.75) is 24.9 Å². The van der Waals surface area contributed by atoms with Crippen molar-refractivity contribution < 1.29 is 22.8 Å². The van der Waals surface area contributed by atoms with Gasteiger partial charge in [0.2, 0.25) is 5.91 Å². The van der Waals surface area contributed by atoms with E-state index in [9.17, 15) is 22.8 Å². The number of hydrogen-bond acceptors (Lipinski definition) is 2. The minimum atomic E-state index is -1.08. The van der Waals surface area contributed by atoms with Gasteiger partial charge in [-0.15, -0.1) is 0 Å². The van der Waals surface area contributed by atoms with E-state index in [2.05, 4.69) is 5.32 Å². The van der Waals surface area contributed by atoms with Crippen LogP contribution < -0.4 is 10.2 Å². The summed E-state index contributed by atoms with van der Waals surface area (Å²) in [4.78, 5) is 30.3. The molecule has 3 amide bonds. The first-order valence-electron chi connectivity index (χ1n) is 12.3. The number of halogens is 3. The van der Waals surface area contributed by atoms with Crippen molar-refractivity contribution in [1.82, 2.24) is 9.47 Å². The summed E-state index contributed by atoms with van der Waals surface area (Å²) >= 11 is 0. The third-order valence-electron chi connectivity index (χ3n) is 6.90. The Hall–Kier alpha value is -4.53. The second kappa shape index (κ2) is 9.41. The smallest absolute Gasteiger partial charge is 0.316 e. The maximum Gasteiger partial charge on any atom is 0.322 e. The van der Waals surface area contributed by atoms with E-state index in [0.29, 0.717) is 5.69 Å². The Bertz CT molecular complexity index is 1530. The molecule has 1 N–H and O–H groups in total. The molecule has 1 atom stereocenters. The van der Waals surface area contributed by atoms with Crippen molar-refractivity contribution >= 4 is 23.3 Å². The number of carbonyl (C=O) groups excluding carboxylic acids is 2. The monoisotopic (exact) mass is 516 g/mol. The van der Waals surface area contributed by atoms with Gasteiger partial charge in [-0.2, -0.15) is 0 Å². The molecule has 38 heavy (non-hydrogen) atoms. The van der Waals surface area contributed by atoms with E-state index in [1.807, 2.05) is 47.2 Å². The van der Waals surface area contributed by atoms with Gasteiger partial charge in [0.25, 0.3) is 0 Å². The zero-order valence-electron chi connectivity index (χ0n) is 20.2. The maximum absolute atomic E-state index is 14.1. The summed E-state index contributed by atoms with van der Waals surface area (Å²) in [6, 6.07) is 19.1. The molecule has 1 aliphatic heterocycles. The summed E-state index contributed by atoms with van der Waals surface area (Å²) in [5.41, 5.74) is 3.11. The molecule has 0 bridgehead atoms. The van der Waals surface area contributed by atoms with Gasteiger partial charge in [0, 0.05) is 24.0 Å². The molecule has 1 aliphatic carbocycles. The first-order chi connectivity index (χ1) is 18.4. The molecule has 1 fully saturated rings. The fraction of sp³-hybridized carbons (Fsp3) is 0.172. The third-order valence-corrected chi connectivity index (χ3v) is 6.90. The summed E-state index contributed by atoms with van der Waals surface area (Å²) in [6.45, 7) is -0.229. The van der Waals surface area contributed by atoms with Crippen LogP contribution in [0.5, 0.6) is 0 Å². The summed E-state index contributed by atoms with van der Waals surface area (Å²) < 4.78 is 42.8. The summed E-state index contributed by atoms with van der Waals surface area (Å²) in [5.74, 6) is -2.80. The molecule has 4 aromatic rings. The highest BCUT2D eigenvalue weighted by Crippen LogP contribution is 2.42. The van der Waals surface area contributed by atoms with E-state index < -0.39 is 23.7 Å². The van der Waals surface area contributed by atoms with Gasteiger partial charge in [-0.1, -0.05) is 24.3 Å². The number of anilines is 2. The Kier molecular flexibility index (Phi) is 5.90. The zero-order chi connectivity index (χ0) is 26.4. The molecule has 1 aromatic heterocycles. The van der Waals surface area contributed by atoms with Crippen molar-refractivity contribution in [3.05, 3.63) is 114 Å². The molecule has 2 aliphatic rings. The van der Waals surface area contributed by atoms with Gasteiger partial charge in [-0.3, -0.25) is 9.69 Å². The Balaban J connectivity index is 1.35. The van der Waals surface area contributed by atoms with Crippen LogP contribution in [0.15, 0.2) is 85.1 Å². The Morgan fingerprint density at radius 2 is 1.61 bits per heavy atom. The third kappa shape index (κ3) is 4.30. The minimum Gasteiger partial charge on any atom is -0.316 e. The molecule has 6 rings (SSSR count). The second-order valence-electron chi connectivity index (χ2n) is 9.43. The Labute approximate surface area is 216 Å². The van der Waals surface area contributed by atoms with Crippen LogP contribution in [0, 0.1) is 17.5 Å². The van der Waals surface area contributed by atoms with Crippen LogP contribution in [-0.4, -0.2) is 34.0 Å². The molecule has 0 spiro atoms. The largest absolute Gasteiger partial charge is 0.322 e. The molecule has 3 aromatic carbocycles. The molecule has 192 valence electrons. The maximum atomic E-state index is 14.1. The number of para-hydroxylation sites is 2. The highest BCUT2D eigenvalue weighted by atomic mass is 19.2. The molecule has 1 saturated carbocycles. The normalized spacial score (nSPS) is 16.0. The molecule has 6 nitrogen and oxygen atoms in total. The first-order valence-corrected chi connectivity index (χ1v) is 12.3. The number of fused-ring (bicyclic) bond motifs is 3. The van der Waals surface area contributed by atoms with Crippen LogP contribution in [0.4, 0.5) is 29.3 Å². The van der Waals surface area contributed by atoms with Gasteiger partial charge >= 0.3 is 6.03 Å². The van der Waals surface area contributed by atoms with Gasteiger partial charge in [-0.25, -0.2) is 18.0 Å². The van der Waals surface area contributed by atoms with Crippen LogP contribution in [0.1, 0.15) is 30.1 Å². The molecular formula is C29H23F3N4O2. The molecule has 1 unspecified atom stereocenters. The van der Waals surface area contributed by atoms with Gasteiger partial charge < -0.3 is 14.8 Å². The number of hydrogen-bond donors (Lipinski definition) is 1. The van der Waals surface area contributed by atoms with E-state index in [4.69, 9.17) is 0 Å². The summed E-state index contributed by atoms with van der Waals surface area (Å²) in [7, 11) is 0. The molecule has 9 heteroatoms. The summed E-state index contributed by atoms with van der Waals surface area (Å²) in [5, 5.41) is 2.58. The lowest BCUT2D eigenvalue weighted by molar-refractivity contribution is -0.119. The van der Waals surface area contributed by atoms with Crippen LogP contribution >= 0.6 is 0 Å². The van der Waals surface area contributed by atoms with E-state index in [1.54, 1.807) is 17.0 Å². The standard InChI is InChI=1S/C29H23F3N4O2/c30-19-9-7-18(8-10-19)28-26-6-3-15-34(26)24-4-1-2-5-25(24)36(28)27(37)17-35(21-12-13-21)29(38)33-20-11-14-22(31)23(32)16-20/h1-11,14-16,21,28H,12-13,17H2,(H,33,38). The number of rotatable bonds is 5. The summed E-state index contributed by atoms with van der Waals surface area (Å²) in [6.07, 6.45) is 3.39. The topological polar surface area (TPSA) is 57.6 Å². The zero-order valence-corrected chi connectivity index (χ0v) is 20.2. The van der Waals surface area contributed by atoms with E-state index in [1.165, 1.54) is 23.1 Å². The lowest BCUT2D eigenvalue weighted by Crippen LogP contribution is -2.48. The highest BCUT2D eigenvalue weighted by molar-refractivity contribution is 6.01. The average molecular weight is 517 g/mol. The molecular weight excluding hydrogens is 493 g/mol. The van der Waals surface area contributed by atoms with Crippen molar-refractivity contribution in [2.75, 3.05) is 16.8 Å².